The molecule has 0 radical (unpaired) electrons. The third-order valence-electron chi connectivity index (χ3n) is 8.27. The van der Waals surface area contributed by atoms with E-state index in [4.69, 9.17) is 9.47 Å². The normalized spacial score (nSPS) is 17.7. The minimum Gasteiger partial charge on any atom is -0.495 e. The van der Waals surface area contributed by atoms with Gasteiger partial charge in [0.15, 0.2) is 0 Å². The molecule has 5 rings (SSSR count). The first-order valence-electron chi connectivity index (χ1n) is 15.0. The summed E-state index contributed by atoms with van der Waals surface area (Å²) < 4.78 is 69.9. The molecule has 0 saturated carbocycles. The molecule has 240 valence electrons. The molecule has 0 bridgehead atoms. The monoisotopic (exact) mass is 633 g/mol. The molecule has 0 aliphatic carbocycles. The van der Waals surface area contributed by atoms with Crippen molar-refractivity contribution in [2.75, 3.05) is 63.9 Å². The molecule has 2 aliphatic rings. The zero-order chi connectivity index (χ0) is 31.3. The van der Waals surface area contributed by atoms with Crippen LogP contribution in [0.15, 0.2) is 47.4 Å². The van der Waals surface area contributed by atoms with Crippen LogP contribution in [-0.4, -0.2) is 85.2 Å². The largest absolute Gasteiger partial charge is 0.495 e. The molecular weight excluding hydrogens is 591 g/mol. The summed E-state index contributed by atoms with van der Waals surface area (Å²) >= 11 is 0. The van der Waals surface area contributed by atoms with Gasteiger partial charge in [0.05, 0.1) is 30.6 Å². The van der Waals surface area contributed by atoms with Crippen molar-refractivity contribution in [1.29, 1.82) is 0 Å². The van der Waals surface area contributed by atoms with E-state index in [9.17, 15) is 17.4 Å². The molecule has 44 heavy (non-hydrogen) atoms. The topological polar surface area (TPSA) is 79.8 Å². The number of hydrogen-bond acceptors (Lipinski definition) is 6. The third kappa shape index (κ3) is 8.07. The van der Waals surface area contributed by atoms with Crippen molar-refractivity contribution in [3.63, 3.8) is 0 Å². The van der Waals surface area contributed by atoms with Crippen LogP contribution in [-0.2, 0) is 21.4 Å². The fraction of sp³-hybridized carbons (Fsp3) is 0.500. The molecule has 3 aromatic rings. The molecule has 2 aromatic carbocycles. The number of halogens is 3. The van der Waals surface area contributed by atoms with Crippen molar-refractivity contribution in [2.45, 2.75) is 55.4 Å². The summed E-state index contributed by atoms with van der Waals surface area (Å²) in [5, 5.41) is 7.48. The lowest BCUT2D eigenvalue weighted by atomic mass is 10.0. The molecule has 0 amide bonds. The van der Waals surface area contributed by atoms with Crippen LogP contribution in [0.1, 0.15) is 31.4 Å². The van der Waals surface area contributed by atoms with E-state index in [0.717, 1.165) is 49.8 Å². The molecule has 2 saturated heterocycles. The van der Waals surface area contributed by atoms with Gasteiger partial charge in [0.25, 0.3) is 0 Å². The molecule has 1 aromatic heterocycles. The Labute approximate surface area is 258 Å². The number of piperidine rings is 1. The standard InChI is InChI=1S/C32H42F3N5O3S/c1-39-16-11-23(12-17-39)37-28-7-4-8-30-27(28)20-25(40(30)22-32(33,34)35)6-5-15-36-29-10-9-26(21-31(29)42-2)44(3,41)38-24-13-18-43-19-14-24/h4,7-10,20-21,23-24,36-37,44H,11-19,22H2,1-3H3,(H,38,41). The van der Waals surface area contributed by atoms with E-state index < -0.39 is 22.8 Å². The molecule has 3 N–H and O–H groups in total. The number of benzene rings is 2. The van der Waals surface area contributed by atoms with Crippen molar-refractivity contribution in [3.05, 3.63) is 48.2 Å². The van der Waals surface area contributed by atoms with E-state index in [1.165, 1.54) is 11.7 Å². The van der Waals surface area contributed by atoms with E-state index in [1.54, 1.807) is 42.7 Å². The third-order valence-corrected chi connectivity index (χ3v) is 10.4. The molecule has 2 fully saturated rings. The lowest BCUT2D eigenvalue weighted by molar-refractivity contribution is -0.140. The van der Waals surface area contributed by atoms with Gasteiger partial charge < -0.3 is 29.6 Å². The Morgan fingerprint density at radius 2 is 1.80 bits per heavy atom. The number of thiol groups is 1. The van der Waals surface area contributed by atoms with Crippen molar-refractivity contribution >= 4 is 32.4 Å². The van der Waals surface area contributed by atoms with Crippen LogP contribution in [0, 0.1) is 11.8 Å². The van der Waals surface area contributed by atoms with E-state index >= 15 is 0 Å². The van der Waals surface area contributed by atoms with Gasteiger partial charge >= 0.3 is 6.18 Å². The summed E-state index contributed by atoms with van der Waals surface area (Å²) in [6.45, 7) is 2.31. The predicted octanol–water partition coefficient (Wildman–Crippen LogP) is 4.87. The fourth-order valence-electron chi connectivity index (χ4n) is 5.85. The van der Waals surface area contributed by atoms with Crippen LogP contribution in [0.2, 0.25) is 0 Å². The van der Waals surface area contributed by atoms with E-state index in [0.29, 0.717) is 40.8 Å². The minimum atomic E-state index is -4.40. The summed E-state index contributed by atoms with van der Waals surface area (Å²) in [4.78, 5) is 2.93. The van der Waals surface area contributed by atoms with Crippen LogP contribution in [0.3, 0.4) is 0 Å². The Balaban J connectivity index is 1.32. The number of fused-ring (bicyclic) bond motifs is 1. The van der Waals surface area contributed by atoms with E-state index in [-0.39, 0.29) is 18.6 Å². The molecule has 8 nitrogen and oxygen atoms in total. The molecule has 2 aliphatic heterocycles. The smallest absolute Gasteiger partial charge is 0.406 e. The maximum atomic E-state index is 13.6. The van der Waals surface area contributed by atoms with Crippen LogP contribution in [0.25, 0.3) is 10.9 Å². The lowest BCUT2D eigenvalue weighted by Gasteiger charge is -2.30. The second-order valence-corrected chi connectivity index (χ2v) is 14.3. The van der Waals surface area contributed by atoms with Gasteiger partial charge in [0, 0.05) is 47.5 Å². The first-order valence-corrected chi connectivity index (χ1v) is 17.2. The van der Waals surface area contributed by atoms with Gasteiger partial charge in [-0.3, -0.25) is 8.93 Å². The van der Waals surface area contributed by atoms with Crippen molar-refractivity contribution in [3.8, 4) is 17.6 Å². The Morgan fingerprint density at radius 1 is 1.05 bits per heavy atom. The quantitative estimate of drug-likeness (QED) is 0.199. The first kappa shape index (κ1) is 32.2. The summed E-state index contributed by atoms with van der Waals surface area (Å²) in [5.74, 6) is 6.46. The summed E-state index contributed by atoms with van der Waals surface area (Å²) in [7, 11) is 0.785. The zero-order valence-corrected chi connectivity index (χ0v) is 26.4. The van der Waals surface area contributed by atoms with Gasteiger partial charge in [-0.05, 0) is 98.3 Å². The lowest BCUT2D eigenvalue weighted by Crippen LogP contribution is -2.42. The predicted molar refractivity (Wildman–Crippen MR) is 171 cm³/mol. The fourth-order valence-corrected chi connectivity index (χ4v) is 7.68. The average molecular weight is 634 g/mol. The van der Waals surface area contributed by atoms with Gasteiger partial charge in [0.2, 0.25) is 0 Å². The van der Waals surface area contributed by atoms with Gasteiger partial charge in [0.1, 0.15) is 12.3 Å². The summed E-state index contributed by atoms with van der Waals surface area (Å²) in [6.07, 6.45) is 0.884. The number of anilines is 2. The summed E-state index contributed by atoms with van der Waals surface area (Å²) in [6, 6.07) is 12.9. The van der Waals surface area contributed by atoms with Gasteiger partial charge in [-0.15, -0.1) is 0 Å². The van der Waals surface area contributed by atoms with Crippen LogP contribution < -0.4 is 20.1 Å². The first-order chi connectivity index (χ1) is 21.0. The maximum Gasteiger partial charge on any atom is 0.406 e. The number of methoxy groups -OCH3 is 1. The van der Waals surface area contributed by atoms with Crippen LogP contribution in [0.5, 0.6) is 5.75 Å². The Morgan fingerprint density at radius 3 is 2.50 bits per heavy atom. The number of alkyl halides is 3. The van der Waals surface area contributed by atoms with Gasteiger partial charge in [-0.25, -0.2) is 0 Å². The maximum absolute atomic E-state index is 13.6. The molecule has 0 atom stereocenters. The van der Waals surface area contributed by atoms with E-state index in [2.05, 4.69) is 39.1 Å². The van der Waals surface area contributed by atoms with Gasteiger partial charge in [-0.2, -0.15) is 13.2 Å². The van der Waals surface area contributed by atoms with Crippen LogP contribution >= 0.6 is 0 Å². The average Bonchev–Trinajstić information content (AvgIpc) is 3.33. The highest BCUT2D eigenvalue weighted by atomic mass is 32.3. The van der Waals surface area contributed by atoms with Crippen molar-refractivity contribution < 1.29 is 26.9 Å². The second kappa shape index (κ2) is 13.8. The highest BCUT2D eigenvalue weighted by Crippen LogP contribution is 2.32. The number of likely N-dealkylation sites (tertiary alicyclic amines) is 1. The highest BCUT2D eigenvalue weighted by Gasteiger charge is 2.30. The number of hydrogen-bond donors (Lipinski definition) is 4. The number of aromatic nitrogens is 1. The SMILES string of the molecule is COc1cc([SH](C)(=O)NC2CCOCC2)ccc1NCC#Cc1cc2c(NC3CCN(C)CC3)cccc2n1CC(F)(F)F. The van der Waals surface area contributed by atoms with Crippen molar-refractivity contribution in [1.82, 2.24) is 14.2 Å². The molecule has 3 heterocycles. The Kier molecular flexibility index (Phi) is 10.1. The number of ether oxygens (including phenoxy) is 2. The minimum absolute atomic E-state index is 0.132. The van der Waals surface area contributed by atoms with Gasteiger partial charge in [-0.1, -0.05) is 12.0 Å². The van der Waals surface area contributed by atoms with E-state index in [1.807, 2.05) is 6.07 Å². The second-order valence-electron chi connectivity index (χ2n) is 11.7. The summed E-state index contributed by atoms with van der Waals surface area (Å²) in [5.41, 5.74) is 2.26. The number of nitrogens with zero attached hydrogens (tertiary/aromatic N) is 2. The molecule has 12 heteroatoms. The zero-order valence-electron chi connectivity index (χ0n) is 25.5. The van der Waals surface area contributed by atoms with Crippen molar-refractivity contribution in [2.24, 2.45) is 0 Å². The Bertz CT molecular complexity index is 1550. The Hall–Kier alpha value is -3.24. The number of nitrogens with one attached hydrogen (secondary N) is 3. The molecule has 0 spiro atoms. The molecular formula is C32H42F3N5O3S. The highest BCUT2D eigenvalue weighted by molar-refractivity contribution is 8.00. The van der Waals surface area contributed by atoms with Crippen LogP contribution in [0.4, 0.5) is 24.5 Å². The number of rotatable bonds is 9. The molecule has 0 unspecified atom stereocenters.